The van der Waals surface area contributed by atoms with Crippen LogP contribution in [-0.2, 0) is 9.84 Å². The maximum Gasteiger partial charge on any atom is 0.153 e. The van der Waals surface area contributed by atoms with Crippen molar-refractivity contribution in [2.75, 3.05) is 38.5 Å². The van der Waals surface area contributed by atoms with Gasteiger partial charge in [0.05, 0.1) is 17.6 Å². The van der Waals surface area contributed by atoms with E-state index in [2.05, 4.69) is 9.80 Å². The minimum atomic E-state index is -2.95. The number of nitrogens with zero attached hydrogens (tertiary/aromatic N) is 2. The summed E-state index contributed by atoms with van der Waals surface area (Å²) < 4.78 is 23.9. The smallest absolute Gasteiger partial charge is 0.153 e. The summed E-state index contributed by atoms with van der Waals surface area (Å²) in [6.45, 7) is 7.47. The quantitative estimate of drug-likeness (QED) is 0.750. The summed E-state index contributed by atoms with van der Waals surface area (Å²) in [6.07, 6.45) is 4.56. The van der Waals surface area contributed by atoms with E-state index >= 15 is 0 Å². The van der Waals surface area contributed by atoms with Crippen LogP contribution in [0.2, 0.25) is 0 Å². The molecule has 0 radical (unpaired) electrons. The second-order valence-corrected chi connectivity index (χ2v) is 9.40. The van der Waals surface area contributed by atoms with Crippen molar-refractivity contribution in [1.29, 1.82) is 0 Å². The third-order valence-electron chi connectivity index (χ3n) is 5.04. The molecule has 2 aliphatic rings. The molecule has 0 saturated carbocycles. The molecule has 0 bridgehead atoms. The summed E-state index contributed by atoms with van der Waals surface area (Å²) in [4.78, 5) is 4.73. The van der Waals surface area contributed by atoms with Gasteiger partial charge in [0.15, 0.2) is 9.84 Å². The number of hydrogen-bond acceptors (Lipinski definition) is 5. The highest BCUT2D eigenvalue weighted by Gasteiger charge is 2.31. The lowest BCUT2D eigenvalue weighted by molar-refractivity contribution is 0.124. The van der Waals surface area contributed by atoms with Gasteiger partial charge in [-0.2, -0.15) is 0 Å². The van der Waals surface area contributed by atoms with Gasteiger partial charge in [0.2, 0.25) is 0 Å². The maximum absolute atomic E-state index is 12.0. The van der Waals surface area contributed by atoms with Crippen LogP contribution in [0.1, 0.15) is 39.5 Å². The summed E-state index contributed by atoms with van der Waals surface area (Å²) in [5.41, 5.74) is 0. The molecule has 6 heteroatoms. The number of hydrogen-bond donors (Lipinski definition) is 1. The molecular weight excluding hydrogens is 288 g/mol. The first-order valence-electron chi connectivity index (χ1n) is 8.24. The Labute approximate surface area is 129 Å². The van der Waals surface area contributed by atoms with Gasteiger partial charge in [-0.1, -0.05) is 0 Å². The third-order valence-corrected chi connectivity index (χ3v) is 7.22. The van der Waals surface area contributed by atoms with Crippen molar-refractivity contribution in [3.63, 3.8) is 0 Å². The number of likely N-dealkylation sites (tertiary alicyclic amines) is 2. The van der Waals surface area contributed by atoms with Crippen molar-refractivity contribution in [1.82, 2.24) is 9.80 Å². The van der Waals surface area contributed by atoms with Crippen LogP contribution in [0.4, 0.5) is 0 Å². The fourth-order valence-electron chi connectivity index (χ4n) is 3.49. The first kappa shape index (κ1) is 17.2. The van der Waals surface area contributed by atoms with Crippen LogP contribution in [-0.4, -0.2) is 79.2 Å². The number of aliphatic hydroxyl groups is 1. The summed E-state index contributed by atoms with van der Waals surface area (Å²) in [5, 5.41) is 9.13. The van der Waals surface area contributed by atoms with Crippen LogP contribution in [0.3, 0.4) is 0 Å². The highest BCUT2D eigenvalue weighted by Crippen LogP contribution is 2.23. The van der Waals surface area contributed by atoms with Crippen molar-refractivity contribution >= 4 is 9.84 Å². The average molecular weight is 318 g/mol. The Morgan fingerprint density at radius 2 is 1.71 bits per heavy atom. The molecule has 0 aromatic rings. The lowest BCUT2D eigenvalue weighted by Crippen LogP contribution is -2.44. The Bertz CT molecular complexity index is 425. The molecule has 2 fully saturated rings. The van der Waals surface area contributed by atoms with Gasteiger partial charge in [-0.25, -0.2) is 8.42 Å². The zero-order valence-electron chi connectivity index (χ0n) is 13.4. The molecule has 0 aromatic heterocycles. The van der Waals surface area contributed by atoms with Crippen LogP contribution >= 0.6 is 0 Å². The molecule has 21 heavy (non-hydrogen) atoms. The van der Waals surface area contributed by atoms with Gasteiger partial charge in [-0.05, 0) is 52.6 Å². The van der Waals surface area contributed by atoms with Crippen molar-refractivity contribution in [3.8, 4) is 0 Å². The largest absolute Gasteiger partial charge is 0.395 e. The number of rotatable bonds is 7. The predicted molar refractivity (Wildman–Crippen MR) is 85.2 cm³/mol. The van der Waals surface area contributed by atoms with Gasteiger partial charge in [0, 0.05) is 25.2 Å². The first-order valence-corrected chi connectivity index (χ1v) is 9.96. The fraction of sp³-hybridized carbons (Fsp3) is 1.00. The molecule has 2 atom stereocenters. The van der Waals surface area contributed by atoms with Gasteiger partial charge in [-0.15, -0.1) is 0 Å². The lowest BCUT2D eigenvalue weighted by Gasteiger charge is -2.31. The molecule has 2 heterocycles. The van der Waals surface area contributed by atoms with E-state index in [9.17, 15) is 13.5 Å². The first-order chi connectivity index (χ1) is 9.94. The maximum atomic E-state index is 12.0. The summed E-state index contributed by atoms with van der Waals surface area (Å²) in [5.74, 6) is 0.268. The minimum Gasteiger partial charge on any atom is -0.395 e. The Hall–Kier alpha value is -0.170. The predicted octanol–water partition coefficient (Wildman–Crippen LogP) is 0.731. The Balaban J connectivity index is 1.86. The Morgan fingerprint density at radius 3 is 2.33 bits per heavy atom. The lowest BCUT2D eigenvalue weighted by atomic mass is 10.2. The minimum absolute atomic E-state index is 0.244. The summed E-state index contributed by atoms with van der Waals surface area (Å²) in [6, 6.07) is 0.770. The molecular formula is C15H30N2O3S. The normalized spacial score (nSPS) is 28.8. The SMILES string of the molecule is CC(C)S(=O)(=O)CCN1CCCC1CN1CCCC1CO. The highest BCUT2D eigenvalue weighted by molar-refractivity contribution is 7.92. The van der Waals surface area contributed by atoms with Crippen molar-refractivity contribution in [3.05, 3.63) is 0 Å². The van der Waals surface area contributed by atoms with E-state index in [1.54, 1.807) is 13.8 Å². The van der Waals surface area contributed by atoms with Crippen LogP contribution in [0.15, 0.2) is 0 Å². The molecule has 5 nitrogen and oxygen atoms in total. The van der Waals surface area contributed by atoms with Crippen molar-refractivity contribution < 1.29 is 13.5 Å². The highest BCUT2D eigenvalue weighted by atomic mass is 32.2. The molecule has 2 aliphatic heterocycles. The second kappa shape index (κ2) is 7.40. The summed E-state index contributed by atoms with van der Waals surface area (Å²) in [7, 11) is -2.95. The van der Waals surface area contributed by atoms with E-state index in [1.165, 1.54) is 6.42 Å². The van der Waals surface area contributed by atoms with E-state index in [-0.39, 0.29) is 17.6 Å². The van der Waals surface area contributed by atoms with Crippen LogP contribution < -0.4 is 0 Å². The van der Waals surface area contributed by atoms with E-state index < -0.39 is 9.84 Å². The van der Waals surface area contributed by atoms with Gasteiger partial charge in [0.25, 0.3) is 0 Å². The van der Waals surface area contributed by atoms with Gasteiger partial charge in [-0.3, -0.25) is 9.80 Å². The van der Waals surface area contributed by atoms with Crippen LogP contribution in [0.5, 0.6) is 0 Å². The van der Waals surface area contributed by atoms with Gasteiger partial charge < -0.3 is 5.11 Å². The molecule has 124 valence electrons. The molecule has 2 unspecified atom stereocenters. The number of aliphatic hydroxyl groups excluding tert-OH is 1. The standard InChI is InChI=1S/C15H30N2O3S/c1-13(2)21(19,20)10-9-16-7-3-5-14(16)11-17-8-4-6-15(17)12-18/h13-15,18H,3-12H2,1-2H3. The zero-order valence-corrected chi connectivity index (χ0v) is 14.2. The monoisotopic (exact) mass is 318 g/mol. The van der Waals surface area contributed by atoms with Crippen LogP contribution in [0, 0.1) is 0 Å². The Morgan fingerprint density at radius 1 is 1.10 bits per heavy atom. The van der Waals surface area contributed by atoms with Gasteiger partial charge in [0.1, 0.15) is 0 Å². The van der Waals surface area contributed by atoms with Crippen molar-refractivity contribution in [2.45, 2.75) is 56.9 Å². The van der Waals surface area contributed by atoms with E-state index in [1.807, 2.05) is 0 Å². The molecule has 1 N–H and O–H groups in total. The van der Waals surface area contributed by atoms with E-state index in [4.69, 9.17) is 0 Å². The average Bonchev–Trinajstić information content (AvgIpc) is 3.06. The summed E-state index contributed by atoms with van der Waals surface area (Å²) >= 11 is 0. The van der Waals surface area contributed by atoms with E-state index in [0.717, 1.165) is 38.9 Å². The topological polar surface area (TPSA) is 60.9 Å². The molecule has 0 aliphatic carbocycles. The van der Waals surface area contributed by atoms with Crippen molar-refractivity contribution in [2.24, 2.45) is 0 Å². The van der Waals surface area contributed by atoms with E-state index in [0.29, 0.717) is 18.6 Å². The number of sulfone groups is 1. The molecule has 0 amide bonds. The molecule has 0 spiro atoms. The molecule has 2 saturated heterocycles. The molecule has 0 aromatic carbocycles. The fourth-order valence-corrected chi connectivity index (χ4v) is 4.45. The third kappa shape index (κ3) is 4.41. The van der Waals surface area contributed by atoms with Gasteiger partial charge >= 0.3 is 0 Å². The second-order valence-electron chi connectivity index (χ2n) is 6.72. The molecule has 2 rings (SSSR count). The van der Waals surface area contributed by atoms with Crippen LogP contribution in [0.25, 0.3) is 0 Å². The Kier molecular flexibility index (Phi) is 6.05. The zero-order chi connectivity index (χ0) is 15.5.